The lowest BCUT2D eigenvalue weighted by atomic mass is 10.3. The molecule has 0 atom stereocenters. The topological polar surface area (TPSA) is 38.5 Å². The van der Waals surface area contributed by atoms with Crippen LogP contribution in [-0.4, -0.2) is 36.1 Å². The van der Waals surface area contributed by atoms with Gasteiger partial charge in [-0.15, -0.1) is 0 Å². The lowest BCUT2D eigenvalue weighted by molar-refractivity contribution is 0.246. The second kappa shape index (κ2) is 8.89. The maximum Gasteiger partial charge on any atom is 0.119 e. The molecule has 0 heterocycles. The maximum atomic E-state index is 5.65. The van der Waals surface area contributed by atoms with Crippen LogP contribution in [0.15, 0.2) is 30.3 Å². The summed E-state index contributed by atoms with van der Waals surface area (Å²) in [5.41, 5.74) is 5.51. The van der Waals surface area contributed by atoms with E-state index in [1.807, 2.05) is 30.3 Å². The first kappa shape index (κ1) is 14.9. The highest BCUT2D eigenvalue weighted by molar-refractivity contribution is 7.80. The van der Waals surface area contributed by atoms with Crippen molar-refractivity contribution in [1.82, 2.24) is 4.90 Å². The van der Waals surface area contributed by atoms with E-state index in [9.17, 15) is 0 Å². The summed E-state index contributed by atoms with van der Waals surface area (Å²) in [6.07, 6.45) is 1.81. The van der Waals surface area contributed by atoms with E-state index >= 15 is 0 Å². The van der Waals surface area contributed by atoms with Crippen molar-refractivity contribution in [3.8, 4) is 5.75 Å². The van der Waals surface area contributed by atoms with Gasteiger partial charge in [0.15, 0.2) is 0 Å². The summed E-state index contributed by atoms with van der Waals surface area (Å²) in [4.78, 5) is 2.93. The van der Waals surface area contributed by atoms with Gasteiger partial charge in [-0.2, -0.15) is 0 Å². The van der Waals surface area contributed by atoms with E-state index in [4.69, 9.17) is 22.7 Å². The molecule has 0 fully saturated rings. The first-order chi connectivity index (χ1) is 8.72. The van der Waals surface area contributed by atoms with E-state index in [-0.39, 0.29) is 0 Å². The third kappa shape index (κ3) is 6.57. The van der Waals surface area contributed by atoms with Gasteiger partial charge in [0.25, 0.3) is 0 Å². The van der Waals surface area contributed by atoms with E-state index in [1.165, 1.54) is 0 Å². The molecule has 0 amide bonds. The van der Waals surface area contributed by atoms with Gasteiger partial charge < -0.3 is 15.4 Å². The molecule has 100 valence electrons. The van der Waals surface area contributed by atoms with Gasteiger partial charge in [-0.25, -0.2) is 0 Å². The van der Waals surface area contributed by atoms with Crippen LogP contribution in [0.4, 0.5) is 0 Å². The second-order valence-electron chi connectivity index (χ2n) is 4.17. The summed E-state index contributed by atoms with van der Waals surface area (Å²) in [6, 6.07) is 9.90. The van der Waals surface area contributed by atoms with Crippen molar-refractivity contribution in [3.63, 3.8) is 0 Å². The third-order valence-corrected chi connectivity index (χ3v) is 2.96. The Hall–Kier alpha value is -1.13. The van der Waals surface area contributed by atoms with Crippen LogP contribution in [0, 0.1) is 0 Å². The Balaban J connectivity index is 2.13. The maximum absolute atomic E-state index is 5.65. The van der Waals surface area contributed by atoms with Gasteiger partial charge in [-0.1, -0.05) is 37.3 Å². The number of nitrogens with zero attached hydrogens (tertiary/aromatic N) is 1. The summed E-state index contributed by atoms with van der Waals surface area (Å²) in [6.45, 7) is 5.88. The monoisotopic (exact) mass is 266 g/mol. The van der Waals surface area contributed by atoms with Crippen LogP contribution < -0.4 is 10.5 Å². The number of hydrogen-bond acceptors (Lipinski definition) is 3. The average molecular weight is 266 g/mol. The fourth-order valence-electron chi connectivity index (χ4n) is 1.69. The highest BCUT2D eigenvalue weighted by Crippen LogP contribution is 2.08. The molecule has 0 saturated carbocycles. The molecule has 0 spiro atoms. The average Bonchev–Trinajstić information content (AvgIpc) is 2.39. The van der Waals surface area contributed by atoms with Gasteiger partial charge >= 0.3 is 0 Å². The Morgan fingerprint density at radius 1 is 1.28 bits per heavy atom. The van der Waals surface area contributed by atoms with E-state index in [1.54, 1.807) is 0 Å². The number of ether oxygens (including phenoxy) is 1. The molecule has 0 aliphatic rings. The van der Waals surface area contributed by atoms with E-state index in [0.29, 0.717) is 4.99 Å². The van der Waals surface area contributed by atoms with Gasteiger partial charge in [-0.05, 0) is 25.1 Å². The number of thiocarbonyl (C=S) groups is 1. The summed E-state index contributed by atoms with van der Waals surface area (Å²) in [5.74, 6) is 0.934. The van der Waals surface area contributed by atoms with Crippen molar-refractivity contribution in [2.75, 3.05) is 26.2 Å². The lowest BCUT2D eigenvalue weighted by Crippen LogP contribution is -2.29. The highest BCUT2D eigenvalue weighted by atomic mass is 32.1. The number of rotatable bonds is 9. The molecule has 2 N–H and O–H groups in total. The van der Waals surface area contributed by atoms with Gasteiger partial charge in [0.2, 0.25) is 0 Å². The Bertz CT molecular complexity index is 343. The smallest absolute Gasteiger partial charge is 0.119 e. The van der Waals surface area contributed by atoms with Crippen LogP contribution in [0.25, 0.3) is 0 Å². The molecule has 4 heteroatoms. The molecule has 1 aromatic carbocycles. The summed E-state index contributed by atoms with van der Waals surface area (Å²) < 4.78 is 5.65. The van der Waals surface area contributed by atoms with E-state index < -0.39 is 0 Å². The minimum absolute atomic E-state index is 0.592. The molecule has 3 nitrogen and oxygen atoms in total. The van der Waals surface area contributed by atoms with Gasteiger partial charge in [0.05, 0.1) is 11.6 Å². The van der Waals surface area contributed by atoms with Crippen molar-refractivity contribution in [2.45, 2.75) is 19.8 Å². The largest absolute Gasteiger partial charge is 0.494 e. The molecule has 0 bridgehead atoms. The molecule has 0 saturated heterocycles. The SMILES string of the molecule is CCN(CCCOc1ccccc1)CCC(N)=S. The zero-order valence-corrected chi connectivity index (χ0v) is 11.8. The van der Waals surface area contributed by atoms with Crippen LogP contribution in [0.2, 0.25) is 0 Å². The zero-order valence-electron chi connectivity index (χ0n) is 11.0. The Morgan fingerprint density at radius 2 is 2.00 bits per heavy atom. The molecule has 0 aliphatic heterocycles. The van der Waals surface area contributed by atoms with Crippen LogP contribution in [0.1, 0.15) is 19.8 Å². The van der Waals surface area contributed by atoms with Crippen molar-refractivity contribution in [1.29, 1.82) is 0 Å². The molecule has 1 aromatic rings. The highest BCUT2D eigenvalue weighted by Gasteiger charge is 2.02. The van der Waals surface area contributed by atoms with Crippen LogP contribution >= 0.6 is 12.2 Å². The molecule has 0 aromatic heterocycles. The van der Waals surface area contributed by atoms with Crippen molar-refractivity contribution >= 4 is 17.2 Å². The quantitative estimate of drug-likeness (QED) is 0.550. The van der Waals surface area contributed by atoms with Crippen LogP contribution in [0.5, 0.6) is 5.75 Å². The lowest BCUT2D eigenvalue weighted by Gasteiger charge is -2.19. The van der Waals surface area contributed by atoms with E-state index in [2.05, 4.69) is 11.8 Å². The normalized spacial score (nSPS) is 10.6. The third-order valence-electron chi connectivity index (χ3n) is 2.75. The number of hydrogen-bond donors (Lipinski definition) is 1. The Kier molecular flexibility index (Phi) is 7.37. The standard InChI is InChI=1S/C14H22N2OS/c1-2-16(11-9-14(15)18)10-6-12-17-13-7-4-3-5-8-13/h3-5,7-8H,2,6,9-12H2,1H3,(H2,15,18). The van der Waals surface area contributed by atoms with Crippen molar-refractivity contribution < 1.29 is 4.74 Å². The minimum atomic E-state index is 0.592. The second-order valence-corrected chi connectivity index (χ2v) is 4.69. The molecular formula is C14H22N2OS. The molecule has 0 unspecified atom stereocenters. The summed E-state index contributed by atoms with van der Waals surface area (Å²) in [5, 5.41) is 0. The predicted octanol–water partition coefficient (Wildman–Crippen LogP) is 2.45. The van der Waals surface area contributed by atoms with Crippen molar-refractivity contribution in [2.24, 2.45) is 5.73 Å². The number of para-hydroxylation sites is 1. The predicted molar refractivity (Wildman–Crippen MR) is 80.1 cm³/mol. The van der Waals surface area contributed by atoms with E-state index in [0.717, 1.165) is 44.8 Å². The van der Waals surface area contributed by atoms with Gasteiger partial charge in [-0.3, -0.25) is 0 Å². The number of nitrogens with two attached hydrogens (primary N) is 1. The molecule has 18 heavy (non-hydrogen) atoms. The van der Waals surface area contributed by atoms with Crippen LogP contribution in [0.3, 0.4) is 0 Å². The zero-order chi connectivity index (χ0) is 13.2. The molecule has 0 radical (unpaired) electrons. The molecule has 1 rings (SSSR count). The van der Waals surface area contributed by atoms with Gasteiger partial charge in [0, 0.05) is 19.5 Å². The Labute approximate surface area is 115 Å². The summed E-state index contributed by atoms with van der Waals surface area (Å²) in [7, 11) is 0. The van der Waals surface area contributed by atoms with Crippen LogP contribution in [-0.2, 0) is 0 Å². The van der Waals surface area contributed by atoms with Crippen molar-refractivity contribution in [3.05, 3.63) is 30.3 Å². The Morgan fingerprint density at radius 3 is 2.61 bits per heavy atom. The molecular weight excluding hydrogens is 244 g/mol. The first-order valence-corrected chi connectivity index (χ1v) is 6.81. The van der Waals surface area contributed by atoms with Gasteiger partial charge in [0.1, 0.15) is 5.75 Å². The fourth-order valence-corrected chi connectivity index (χ4v) is 1.78. The minimum Gasteiger partial charge on any atom is -0.494 e. The first-order valence-electron chi connectivity index (χ1n) is 6.41. The summed E-state index contributed by atoms with van der Waals surface area (Å²) >= 11 is 4.89. The molecule has 0 aliphatic carbocycles. The number of benzene rings is 1. The fraction of sp³-hybridized carbons (Fsp3) is 0.500.